The van der Waals surface area contributed by atoms with Crippen LogP contribution in [0.25, 0.3) is 0 Å². The summed E-state index contributed by atoms with van der Waals surface area (Å²) >= 11 is 3.87. The van der Waals surface area contributed by atoms with Crippen molar-refractivity contribution < 1.29 is 4.74 Å². The van der Waals surface area contributed by atoms with Crippen LogP contribution in [0, 0.1) is 0 Å². The molecule has 3 heteroatoms. The summed E-state index contributed by atoms with van der Waals surface area (Å²) in [6.45, 7) is 0.942. The number of hydrogen-bond acceptors (Lipinski definition) is 3. The van der Waals surface area contributed by atoms with Crippen LogP contribution in [-0.2, 0) is 4.74 Å². The van der Waals surface area contributed by atoms with Crippen LogP contribution < -0.4 is 0 Å². The minimum Gasteiger partial charge on any atom is -0.370 e. The van der Waals surface area contributed by atoms with E-state index in [2.05, 4.69) is 0 Å². The van der Waals surface area contributed by atoms with E-state index >= 15 is 0 Å². The molecule has 0 bridgehead atoms. The Labute approximate surface area is 58.6 Å². The third-order valence-corrected chi connectivity index (χ3v) is 2.94. The first-order chi connectivity index (χ1) is 4.00. The molecule has 1 saturated heterocycles. The Morgan fingerprint density at radius 2 is 1.88 bits per heavy atom. The van der Waals surface area contributed by atoms with Crippen LogP contribution in [0.4, 0.5) is 0 Å². The van der Waals surface area contributed by atoms with Crippen LogP contribution in [0.15, 0.2) is 0 Å². The Morgan fingerprint density at radius 1 is 1.00 bits per heavy atom. The Bertz CT molecular complexity index is 34.4. The number of thioether (sulfide) groups is 2. The van der Waals surface area contributed by atoms with Gasteiger partial charge in [-0.3, -0.25) is 0 Å². The maximum Gasteiger partial charge on any atom is 0.0921 e. The SMILES string of the molecule is C1CSCCSCO1. The normalized spacial score (nSPS) is 24.0. The zero-order valence-corrected chi connectivity index (χ0v) is 6.39. The van der Waals surface area contributed by atoms with Crippen molar-refractivity contribution in [2.45, 2.75) is 0 Å². The van der Waals surface area contributed by atoms with Gasteiger partial charge in [-0.05, 0) is 0 Å². The van der Waals surface area contributed by atoms with Crippen molar-refractivity contribution in [3.63, 3.8) is 0 Å². The highest BCUT2D eigenvalue weighted by atomic mass is 32.2. The van der Waals surface area contributed by atoms with Crippen LogP contribution in [0.3, 0.4) is 0 Å². The highest BCUT2D eigenvalue weighted by Gasteiger charge is 1.95. The third-order valence-electron chi connectivity index (χ3n) is 0.911. The summed E-state index contributed by atoms with van der Waals surface area (Å²) in [4.78, 5) is 0. The summed E-state index contributed by atoms with van der Waals surface area (Å²) in [7, 11) is 0. The lowest BCUT2D eigenvalue weighted by Crippen LogP contribution is -2.02. The summed E-state index contributed by atoms with van der Waals surface area (Å²) in [6.07, 6.45) is 0. The van der Waals surface area contributed by atoms with E-state index in [0.29, 0.717) is 0 Å². The number of ether oxygens (including phenoxy) is 1. The quantitative estimate of drug-likeness (QED) is 0.517. The van der Waals surface area contributed by atoms with Gasteiger partial charge in [-0.25, -0.2) is 0 Å². The first-order valence-corrected chi connectivity index (χ1v) is 5.04. The van der Waals surface area contributed by atoms with Gasteiger partial charge in [-0.15, -0.1) is 11.8 Å². The second kappa shape index (κ2) is 4.53. The molecule has 0 saturated carbocycles. The van der Waals surface area contributed by atoms with Crippen molar-refractivity contribution in [3.05, 3.63) is 0 Å². The molecule has 0 aliphatic carbocycles. The Morgan fingerprint density at radius 3 is 2.88 bits per heavy atom. The summed E-state index contributed by atoms with van der Waals surface area (Å²) < 4.78 is 5.22. The molecule has 48 valence electrons. The topological polar surface area (TPSA) is 9.23 Å². The van der Waals surface area contributed by atoms with Crippen LogP contribution in [0.2, 0.25) is 0 Å². The molecule has 0 atom stereocenters. The van der Waals surface area contributed by atoms with Gasteiger partial charge in [0.15, 0.2) is 0 Å². The molecule has 0 radical (unpaired) electrons. The molecule has 0 unspecified atom stereocenters. The highest BCUT2D eigenvalue weighted by Crippen LogP contribution is 2.10. The van der Waals surface area contributed by atoms with Crippen molar-refractivity contribution in [1.29, 1.82) is 0 Å². The van der Waals surface area contributed by atoms with Crippen LogP contribution >= 0.6 is 23.5 Å². The van der Waals surface area contributed by atoms with Gasteiger partial charge in [-0.1, -0.05) is 0 Å². The van der Waals surface area contributed by atoms with Gasteiger partial charge in [0.25, 0.3) is 0 Å². The third kappa shape index (κ3) is 2.84. The lowest BCUT2D eigenvalue weighted by Gasteiger charge is -2.07. The molecule has 8 heavy (non-hydrogen) atoms. The fourth-order valence-electron chi connectivity index (χ4n) is 0.515. The van der Waals surface area contributed by atoms with E-state index in [4.69, 9.17) is 4.74 Å². The largest absolute Gasteiger partial charge is 0.370 e. The second-order valence-electron chi connectivity index (χ2n) is 1.55. The highest BCUT2D eigenvalue weighted by molar-refractivity contribution is 8.02. The lowest BCUT2D eigenvalue weighted by molar-refractivity contribution is 0.201. The van der Waals surface area contributed by atoms with Crippen LogP contribution in [0.5, 0.6) is 0 Å². The van der Waals surface area contributed by atoms with Crippen molar-refractivity contribution in [1.82, 2.24) is 0 Å². The van der Waals surface area contributed by atoms with Crippen molar-refractivity contribution in [3.8, 4) is 0 Å². The monoisotopic (exact) mass is 150 g/mol. The molecule has 0 aromatic heterocycles. The van der Waals surface area contributed by atoms with Crippen molar-refractivity contribution in [2.75, 3.05) is 29.8 Å². The zero-order chi connectivity index (χ0) is 5.66. The van der Waals surface area contributed by atoms with Gasteiger partial charge in [0, 0.05) is 17.3 Å². The van der Waals surface area contributed by atoms with E-state index < -0.39 is 0 Å². The van der Waals surface area contributed by atoms with E-state index in [9.17, 15) is 0 Å². The Balaban J connectivity index is 2.00. The van der Waals surface area contributed by atoms with Gasteiger partial charge in [0.2, 0.25) is 0 Å². The van der Waals surface area contributed by atoms with Gasteiger partial charge >= 0.3 is 0 Å². The van der Waals surface area contributed by atoms with E-state index in [1.165, 1.54) is 17.3 Å². The maximum absolute atomic E-state index is 5.22. The van der Waals surface area contributed by atoms with E-state index in [1.807, 2.05) is 23.5 Å². The van der Waals surface area contributed by atoms with E-state index in [-0.39, 0.29) is 0 Å². The summed E-state index contributed by atoms with van der Waals surface area (Å²) in [5, 5.41) is 0. The smallest absolute Gasteiger partial charge is 0.0921 e. The van der Waals surface area contributed by atoms with E-state index in [0.717, 1.165) is 12.5 Å². The standard InChI is InChI=1S/C5H10OS2/c1-2-7-3-4-8-5-6-1/h1-5H2. The molecule has 1 fully saturated rings. The van der Waals surface area contributed by atoms with Crippen LogP contribution in [0.1, 0.15) is 0 Å². The maximum atomic E-state index is 5.22. The molecule has 0 N–H and O–H groups in total. The van der Waals surface area contributed by atoms with Gasteiger partial charge < -0.3 is 4.74 Å². The summed E-state index contributed by atoms with van der Waals surface area (Å²) in [5.74, 6) is 4.64. The van der Waals surface area contributed by atoms with Crippen molar-refractivity contribution in [2.24, 2.45) is 0 Å². The predicted molar refractivity (Wildman–Crippen MR) is 40.6 cm³/mol. The summed E-state index contributed by atoms with van der Waals surface area (Å²) in [5.41, 5.74) is 0. The molecule has 1 rings (SSSR count). The molecule has 0 spiro atoms. The van der Waals surface area contributed by atoms with Gasteiger partial charge in [0.1, 0.15) is 0 Å². The fraction of sp³-hybridized carbons (Fsp3) is 1.00. The average Bonchev–Trinajstić information content (AvgIpc) is 1.62. The average molecular weight is 150 g/mol. The van der Waals surface area contributed by atoms with Crippen LogP contribution in [-0.4, -0.2) is 29.8 Å². The number of hydrogen-bond donors (Lipinski definition) is 0. The zero-order valence-electron chi connectivity index (χ0n) is 4.76. The Kier molecular flexibility index (Phi) is 3.84. The molecule has 1 nitrogen and oxygen atoms in total. The Hall–Kier alpha value is 0.660. The predicted octanol–water partition coefficient (Wildman–Crippen LogP) is 1.44. The molecule has 0 aromatic carbocycles. The number of rotatable bonds is 0. The molecule has 1 heterocycles. The second-order valence-corrected chi connectivity index (χ2v) is 3.82. The molecule has 1 aliphatic rings. The first-order valence-electron chi connectivity index (χ1n) is 2.73. The minimum absolute atomic E-state index is 0.903. The molecular weight excluding hydrogens is 140 g/mol. The fourth-order valence-corrected chi connectivity index (χ4v) is 2.25. The lowest BCUT2D eigenvalue weighted by atomic mass is 10.9. The van der Waals surface area contributed by atoms with Gasteiger partial charge in [0.05, 0.1) is 12.5 Å². The first kappa shape index (κ1) is 6.78. The molecule has 0 amide bonds. The van der Waals surface area contributed by atoms with Crippen molar-refractivity contribution >= 4 is 23.5 Å². The van der Waals surface area contributed by atoms with Gasteiger partial charge in [-0.2, -0.15) is 11.8 Å². The molecular formula is C5H10OS2. The molecule has 0 aromatic rings. The minimum atomic E-state index is 0.903. The van der Waals surface area contributed by atoms with E-state index in [1.54, 1.807) is 0 Å². The summed E-state index contributed by atoms with van der Waals surface area (Å²) in [6, 6.07) is 0. The molecule has 1 aliphatic heterocycles.